The zero-order chi connectivity index (χ0) is 26.1. The minimum absolute atomic E-state index is 0.206. The Labute approximate surface area is 225 Å². The molecule has 1 aliphatic rings. The summed E-state index contributed by atoms with van der Waals surface area (Å²) < 4.78 is 7.66. The molecular formula is C28H25Cl2N5O2. The van der Waals surface area contributed by atoms with E-state index in [1.54, 1.807) is 16.8 Å². The zero-order valence-corrected chi connectivity index (χ0v) is 22.1. The minimum atomic E-state index is -0.469. The van der Waals surface area contributed by atoms with Gasteiger partial charge in [-0.1, -0.05) is 53.5 Å². The second kappa shape index (κ2) is 10.3. The number of hydrogen-bond donors (Lipinski definition) is 2. The van der Waals surface area contributed by atoms with Crippen molar-refractivity contribution in [1.82, 2.24) is 14.8 Å². The number of nitrogens with zero attached hydrogens (tertiary/aromatic N) is 3. The molecule has 1 aliphatic heterocycles. The van der Waals surface area contributed by atoms with Crippen LogP contribution in [0.4, 0.5) is 11.6 Å². The highest BCUT2D eigenvalue weighted by molar-refractivity contribution is 6.35. The van der Waals surface area contributed by atoms with Crippen molar-refractivity contribution in [2.75, 3.05) is 10.6 Å². The first kappa shape index (κ1) is 24.9. The quantitative estimate of drug-likeness (QED) is 0.288. The molecule has 3 aromatic carbocycles. The molecule has 2 N–H and O–H groups in total. The van der Waals surface area contributed by atoms with Crippen LogP contribution in [0, 0.1) is 13.8 Å². The van der Waals surface area contributed by atoms with E-state index in [0.717, 1.165) is 27.9 Å². The molecule has 0 saturated heterocycles. The topological polar surface area (TPSA) is 81.1 Å². The van der Waals surface area contributed by atoms with Crippen molar-refractivity contribution >= 4 is 40.7 Å². The Morgan fingerprint density at radius 1 is 1.08 bits per heavy atom. The molecule has 9 heteroatoms. The Kier molecular flexibility index (Phi) is 6.91. The van der Waals surface area contributed by atoms with Crippen LogP contribution in [-0.2, 0) is 11.4 Å². The lowest BCUT2D eigenvalue weighted by Gasteiger charge is -2.29. The fourth-order valence-electron chi connectivity index (χ4n) is 4.32. The Balaban J connectivity index is 1.42. The summed E-state index contributed by atoms with van der Waals surface area (Å²) in [5.74, 6) is 1.04. The van der Waals surface area contributed by atoms with Crippen molar-refractivity contribution in [3.8, 4) is 5.75 Å². The van der Waals surface area contributed by atoms with E-state index in [1.165, 1.54) is 6.33 Å². The van der Waals surface area contributed by atoms with E-state index in [9.17, 15) is 4.79 Å². The number of anilines is 2. The van der Waals surface area contributed by atoms with Gasteiger partial charge in [0, 0.05) is 27.0 Å². The van der Waals surface area contributed by atoms with Crippen LogP contribution in [0.1, 0.15) is 35.2 Å². The Morgan fingerprint density at radius 3 is 2.62 bits per heavy atom. The average Bonchev–Trinajstić information content (AvgIpc) is 3.34. The lowest BCUT2D eigenvalue weighted by Crippen LogP contribution is -2.31. The number of carbonyl (C=O) groups excluding carboxylic acids is 1. The van der Waals surface area contributed by atoms with Gasteiger partial charge >= 0.3 is 0 Å². The summed E-state index contributed by atoms with van der Waals surface area (Å²) in [5, 5.41) is 11.8. The molecule has 1 unspecified atom stereocenters. The van der Waals surface area contributed by atoms with E-state index < -0.39 is 6.04 Å². The SMILES string of the molecule is CC1=C(C(=O)Nc2cccc(C)c2C)C(c2ccc(OCc3ccc(Cl)cc3Cl)cc2)n2ncnc2N1. The number of rotatable bonds is 6. The predicted octanol–water partition coefficient (Wildman–Crippen LogP) is 6.71. The first-order valence-corrected chi connectivity index (χ1v) is 12.5. The summed E-state index contributed by atoms with van der Waals surface area (Å²) in [5.41, 5.74) is 5.89. The third kappa shape index (κ3) is 5.05. The van der Waals surface area contributed by atoms with Crippen LogP contribution in [0.3, 0.4) is 0 Å². The molecule has 188 valence electrons. The number of aryl methyl sites for hydroxylation is 1. The van der Waals surface area contributed by atoms with Gasteiger partial charge in [0.1, 0.15) is 24.7 Å². The lowest BCUT2D eigenvalue weighted by atomic mass is 9.94. The molecule has 1 atom stereocenters. The van der Waals surface area contributed by atoms with E-state index in [-0.39, 0.29) is 5.91 Å². The second-order valence-electron chi connectivity index (χ2n) is 8.89. The molecule has 0 saturated carbocycles. The maximum Gasteiger partial charge on any atom is 0.255 e. The summed E-state index contributed by atoms with van der Waals surface area (Å²) >= 11 is 12.3. The first-order chi connectivity index (χ1) is 17.8. The molecule has 0 bridgehead atoms. The summed E-state index contributed by atoms with van der Waals surface area (Å²) in [6, 6.07) is 18.3. The molecule has 2 heterocycles. The van der Waals surface area contributed by atoms with Gasteiger partial charge in [-0.05, 0) is 67.8 Å². The number of fused-ring (bicyclic) bond motifs is 1. The van der Waals surface area contributed by atoms with Gasteiger partial charge in [0.15, 0.2) is 0 Å². The molecule has 0 aliphatic carbocycles. The fraction of sp³-hybridized carbons (Fsp3) is 0.179. The van der Waals surface area contributed by atoms with Gasteiger partial charge in [0.2, 0.25) is 5.95 Å². The standard InChI is InChI=1S/C28H25Cl2N5O2/c1-16-5-4-6-24(17(16)2)34-27(36)25-18(3)33-28-31-15-32-35(28)26(25)19-8-11-22(12-9-19)37-14-20-7-10-21(29)13-23(20)30/h4-13,15,26H,14H2,1-3H3,(H,34,36)(H,31,32,33). The molecule has 0 spiro atoms. The molecule has 1 amide bonds. The van der Waals surface area contributed by atoms with Crippen molar-refractivity contribution < 1.29 is 9.53 Å². The molecule has 37 heavy (non-hydrogen) atoms. The van der Waals surface area contributed by atoms with E-state index >= 15 is 0 Å². The van der Waals surface area contributed by atoms with Crippen LogP contribution in [0.25, 0.3) is 0 Å². The van der Waals surface area contributed by atoms with Crippen LogP contribution >= 0.6 is 23.2 Å². The third-order valence-electron chi connectivity index (χ3n) is 6.50. The first-order valence-electron chi connectivity index (χ1n) is 11.7. The summed E-state index contributed by atoms with van der Waals surface area (Å²) in [7, 11) is 0. The van der Waals surface area contributed by atoms with Crippen LogP contribution in [-0.4, -0.2) is 20.7 Å². The number of amides is 1. The average molecular weight is 534 g/mol. The molecule has 0 radical (unpaired) electrons. The van der Waals surface area contributed by atoms with Gasteiger partial charge in [0.25, 0.3) is 5.91 Å². The Hall–Kier alpha value is -3.81. The predicted molar refractivity (Wildman–Crippen MR) is 146 cm³/mol. The van der Waals surface area contributed by atoms with Gasteiger partial charge < -0.3 is 15.4 Å². The van der Waals surface area contributed by atoms with Crippen molar-refractivity contribution in [2.24, 2.45) is 0 Å². The van der Waals surface area contributed by atoms with E-state index in [4.69, 9.17) is 27.9 Å². The molecule has 5 rings (SSSR count). The van der Waals surface area contributed by atoms with Gasteiger partial charge in [-0.2, -0.15) is 10.1 Å². The highest BCUT2D eigenvalue weighted by Crippen LogP contribution is 2.36. The number of carbonyl (C=O) groups is 1. The number of nitrogens with one attached hydrogen (secondary N) is 2. The maximum absolute atomic E-state index is 13.6. The number of halogens is 2. The molecule has 0 fully saturated rings. The smallest absolute Gasteiger partial charge is 0.255 e. The van der Waals surface area contributed by atoms with Crippen LogP contribution < -0.4 is 15.4 Å². The highest BCUT2D eigenvalue weighted by atomic mass is 35.5. The summed E-state index contributed by atoms with van der Waals surface area (Å²) in [4.78, 5) is 17.9. The van der Waals surface area contributed by atoms with Gasteiger partial charge in [-0.3, -0.25) is 4.79 Å². The molecular weight excluding hydrogens is 509 g/mol. The number of benzene rings is 3. The minimum Gasteiger partial charge on any atom is -0.489 e. The van der Waals surface area contributed by atoms with Gasteiger partial charge in [-0.25, -0.2) is 4.68 Å². The van der Waals surface area contributed by atoms with E-state index in [2.05, 4.69) is 20.7 Å². The molecule has 4 aromatic rings. The number of aromatic nitrogens is 3. The number of hydrogen-bond acceptors (Lipinski definition) is 5. The third-order valence-corrected chi connectivity index (χ3v) is 7.08. The highest BCUT2D eigenvalue weighted by Gasteiger charge is 2.33. The van der Waals surface area contributed by atoms with E-state index in [1.807, 2.05) is 69.3 Å². The van der Waals surface area contributed by atoms with Crippen molar-refractivity contribution in [3.05, 3.63) is 111 Å². The molecule has 1 aromatic heterocycles. The normalized spacial score (nSPS) is 14.7. The van der Waals surface area contributed by atoms with Crippen molar-refractivity contribution in [2.45, 2.75) is 33.4 Å². The van der Waals surface area contributed by atoms with Crippen molar-refractivity contribution in [3.63, 3.8) is 0 Å². The van der Waals surface area contributed by atoms with Crippen LogP contribution in [0.2, 0.25) is 10.0 Å². The van der Waals surface area contributed by atoms with Crippen LogP contribution in [0.15, 0.2) is 78.3 Å². The van der Waals surface area contributed by atoms with Crippen molar-refractivity contribution in [1.29, 1.82) is 0 Å². The number of allylic oxidation sites excluding steroid dienone is 1. The maximum atomic E-state index is 13.6. The largest absolute Gasteiger partial charge is 0.489 e. The van der Waals surface area contributed by atoms with Gasteiger partial charge in [-0.15, -0.1) is 0 Å². The Bertz CT molecular complexity index is 1510. The zero-order valence-electron chi connectivity index (χ0n) is 20.5. The van der Waals surface area contributed by atoms with E-state index in [0.29, 0.717) is 39.6 Å². The number of ether oxygens (including phenoxy) is 1. The monoisotopic (exact) mass is 533 g/mol. The fourth-order valence-corrected chi connectivity index (χ4v) is 4.78. The van der Waals surface area contributed by atoms with Gasteiger partial charge in [0.05, 0.1) is 5.57 Å². The summed E-state index contributed by atoms with van der Waals surface area (Å²) in [6.45, 7) is 6.19. The summed E-state index contributed by atoms with van der Waals surface area (Å²) in [6.07, 6.45) is 1.47. The van der Waals surface area contributed by atoms with Crippen LogP contribution in [0.5, 0.6) is 5.75 Å². The Morgan fingerprint density at radius 2 is 1.86 bits per heavy atom. The molecule has 7 nitrogen and oxygen atoms in total. The lowest BCUT2D eigenvalue weighted by molar-refractivity contribution is -0.113. The second-order valence-corrected chi connectivity index (χ2v) is 9.73.